The maximum atomic E-state index is 10.9. The molecule has 4 nitrogen and oxygen atoms in total. The fourth-order valence-corrected chi connectivity index (χ4v) is 1.34. The van der Waals surface area contributed by atoms with E-state index in [0.29, 0.717) is 11.3 Å². The highest BCUT2D eigenvalue weighted by atomic mass is 16.1. The Morgan fingerprint density at radius 2 is 2.15 bits per heavy atom. The molecule has 0 fully saturated rings. The van der Waals surface area contributed by atoms with E-state index < -0.39 is 5.91 Å². The number of hydrogen-bond donors (Lipinski definition) is 3. The van der Waals surface area contributed by atoms with Gasteiger partial charge in [0.05, 0.1) is 11.2 Å². The summed E-state index contributed by atoms with van der Waals surface area (Å²) >= 11 is 0. The first-order chi connectivity index (χ1) is 6.18. The average Bonchev–Trinajstić information content (AvgIpc) is 2.51. The van der Waals surface area contributed by atoms with Gasteiger partial charge in [-0.25, -0.2) is 0 Å². The van der Waals surface area contributed by atoms with Crippen molar-refractivity contribution < 1.29 is 4.79 Å². The van der Waals surface area contributed by atoms with Gasteiger partial charge in [0.25, 0.3) is 0 Å². The molecule has 0 saturated carbocycles. The highest BCUT2D eigenvalue weighted by Gasteiger charge is 2.05. The molecule has 0 aliphatic rings. The second kappa shape index (κ2) is 2.52. The topological polar surface area (TPSA) is 84.9 Å². The predicted octanol–water partition coefficient (Wildman–Crippen LogP) is 0.849. The van der Waals surface area contributed by atoms with E-state index in [1.807, 2.05) is 6.07 Å². The van der Waals surface area contributed by atoms with Gasteiger partial charge < -0.3 is 16.5 Å². The highest BCUT2D eigenvalue weighted by molar-refractivity contribution is 6.01. The van der Waals surface area contributed by atoms with Gasteiger partial charge in [-0.15, -0.1) is 0 Å². The van der Waals surface area contributed by atoms with E-state index in [9.17, 15) is 4.79 Å². The van der Waals surface area contributed by atoms with E-state index in [1.165, 1.54) is 0 Å². The molecule has 2 rings (SSSR count). The minimum Gasteiger partial charge on any atom is -0.397 e. The summed E-state index contributed by atoms with van der Waals surface area (Å²) in [5, 5.41) is 0.897. The average molecular weight is 175 g/mol. The van der Waals surface area contributed by atoms with E-state index in [-0.39, 0.29) is 0 Å². The van der Waals surface area contributed by atoms with Crippen LogP contribution in [-0.4, -0.2) is 10.9 Å². The van der Waals surface area contributed by atoms with Crippen molar-refractivity contribution in [1.82, 2.24) is 4.98 Å². The molecule has 2 aromatic rings. The van der Waals surface area contributed by atoms with Crippen LogP contribution in [0.5, 0.6) is 0 Å². The summed E-state index contributed by atoms with van der Waals surface area (Å²) in [6.45, 7) is 0. The van der Waals surface area contributed by atoms with E-state index in [1.54, 1.807) is 18.3 Å². The number of nitrogen functional groups attached to an aromatic ring is 1. The molecule has 1 aromatic heterocycles. The first-order valence-electron chi connectivity index (χ1n) is 3.85. The van der Waals surface area contributed by atoms with Crippen molar-refractivity contribution in [2.75, 3.05) is 5.73 Å². The van der Waals surface area contributed by atoms with Gasteiger partial charge in [0.15, 0.2) is 0 Å². The maximum Gasteiger partial charge on any atom is 0.248 e. The van der Waals surface area contributed by atoms with Crippen LogP contribution in [-0.2, 0) is 0 Å². The maximum absolute atomic E-state index is 10.9. The predicted molar refractivity (Wildman–Crippen MR) is 51.2 cm³/mol. The van der Waals surface area contributed by atoms with Crippen LogP contribution >= 0.6 is 0 Å². The number of amides is 1. The molecular formula is C9H9N3O. The standard InChI is InChI=1S/C9H9N3O/c10-7-4-6(9(11)13)3-5-1-2-12-8(5)7/h1-4,12H,10H2,(H2,11,13). The van der Waals surface area contributed by atoms with E-state index in [0.717, 1.165) is 10.9 Å². The van der Waals surface area contributed by atoms with Gasteiger partial charge in [0.1, 0.15) is 0 Å². The SMILES string of the molecule is NC(=O)c1cc(N)c2[nH]ccc2c1. The van der Waals surface area contributed by atoms with Crippen molar-refractivity contribution in [1.29, 1.82) is 0 Å². The Labute approximate surface area is 74.5 Å². The number of carbonyl (C=O) groups is 1. The van der Waals surface area contributed by atoms with Crippen molar-refractivity contribution in [3.8, 4) is 0 Å². The lowest BCUT2D eigenvalue weighted by molar-refractivity contribution is 0.100. The van der Waals surface area contributed by atoms with Gasteiger partial charge >= 0.3 is 0 Å². The molecule has 0 aliphatic carbocycles. The fourth-order valence-electron chi connectivity index (χ4n) is 1.34. The molecule has 66 valence electrons. The van der Waals surface area contributed by atoms with Gasteiger partial charge in [-0.2, -0.15) is 0 Å². The number of carbonyl (C=O) groups excluding carboxylic acids is 1. The molecule has 1 amide bonds. The zero-order valence-electron chi connectivity index (χ0n) is 6.87. The molecule has 0 unspecified atom stereocenters. The first kappa shape index (κ1) is 7.67. The molecule has 0 atom stereocenters. The summed E-state index contributed by atoms with van der Waals surface area (Å²) in [5.74, 6) is -0.463. The number of nitrogens with one attached hydrogen (secondary N) is 1. The lowest BCUT2D eigenvalue weighted by Crippen LogP contribution is -2.11. The van der Waals surface area contributed by atoms with Crippen molar-refractivity contribution in [3.63, 3.8) is 0 Å². The number of H-pyrrole nitrogens is 1. The molecule has 0 saturated heterocycles. The normalized spacial score (nSPS) is 10.5. The molecule has 0 bridgehead atoms. The number of hydrogen-bond acceptors (Lipinski definition) is 2. The molecule has 13 heavy (non-hydrogen) atoms. The molecule has 0 spiro atoms. The Bertz CT molecular complexity index is 473. The van der Waals surface area contributed by atoms with Crippen LogP contribution in [0.25, 0.3) is 10.9 Å². The fraction of sp³-hybridized carbons (Fsp3) is 0. The molecule has 0 aliphatic heterocycles. The van der Waals surface area contributed by atoms with Crippen LogP contribution < -0.4 is 11.5 Å². The third-order valence-corrected chi connectivity index (χ3v) is 1.97. The number of anilines is 1. The van der Waals surface area contributed by atoms with Crippen molar-refractivity contribution in [3.05, 3.63) is 30.0 Å². The van der Waals surface area contributed by atoms with Gasteiger partial charge in [0.2, 0.25) is 5.91 Å². The number of primary amides is 1. The van der Waals surface area contributed by atoms with E-state index in [2.05, 4.69) is 4.98 Å². The minimum absolute atomic E-state index is 0.435. The summed E-state index contributed by atoms with van der Waals surface area (Å²) in [5.41, 5.74) is 12.6. The van der Waals surface area contributed by atoms with E-state index >= 15 is 0 Å². The zero-order chi connectivity index (χ0) is 9.42. The van der Waals surface area contributed by atoms with E-state index in [4.69, 9.17) is 11.5 Å². The highest BCUT2D eigenvalue weighted by Crippen LogP contribution is 2.21. The molecule has 4 heteroatoms. The van der Waals surface area contributed by atoms with Crippen LogP contribution in [0.3, 0.4) is 0 Å². The van der Waals surface area contributed by atoms with Crippen molar-refractivity contribution in [2.45, 2.75) is 0 Å². The Kier molecular flexibility index (Phi) is 1.48. The molecular weight excluding hydrogens is 166 g/mol. The van der Waals surface area contributed by atoms with Crippen LogP contribution in [0.4, 0.5) is 5.69 Å². The Morgan fingerprint density at radius 1 is 1.38 bits per heavy atom. The molecule has 1 heterocycles. The Morgan fingerprint density at radius 3 is 2.85 bits per heavy atom. The number of rotatable bonds is 1. The Balaban J connectivity index is 2.77. The third kappa shape index (κ3) is 1.12. The summed E-state index contributed by atoms with van der Waals surface area (Å²) in [6, 6.07) is 5.13. The summed E-state index contributed by atoms with van der Waals surface area (Å²) in [4.78, 5) is 13.9. The van der Waals surface area contributed by atoms with Gasteiger partial charge in [-0.1, -0.05) is 0 Å². The van der Waals surface area contributed by atoms with Gasteiger partial charge in [0, 0.05) is 17.1 Å². The lowest BCUT2D eigenvalue weighted by Gasteiger charge is -1.99. The van der Waals surface area contributed by atoms with Crippen LogP contribution in [0.1, 0.15) is 10.4 Å². The number of benzene rings is 1. The van der Waals surface area contributed by atoms with Crippen LogP contribution in [0, 0.1) is 0 Å². The monoisotopic (exact) mass is 175 g/mol. The Hall–Kier alpha value is -1.97. The zero-order valence-corrected chi connectivity index (χ0v) is 6.87. The quantitative estimate of drug-likeness (QED) is 0.561. The molecule has 5 N–H and O–H groups in total. The number of nitrogens with two attached hydrogens (primary N) is 2. The number of aromatic nitrogens is 1. The van der Waals surface area contributed by atoms with Crippen molar-refractivity contribution in [2.24, 2.45) is 5.73 Å². The van der Waals surface area contributed by atoms with Crippen molar-refractivity contribution >= 4 is 22.5 Å². The van der Waals surface area contributed by atoms with Gasteiger partial charge in [-0.05, 0) is 18.2 Å². The third-order valence-electron chi connectivity index (χ3n) is 1.97. The minimum atomic E-state index is -0.463. The second-order valence-corrected chi connectivity index (χ2v) is 2.87. The van der Waals surface area contributed by atoms with Crippen LogP contribution in [0.15, 0.2) is 24.4 Å². The number of aromatic amines is 1. The smallest absolute Gasteiger partial charge is 0.248 e. The largest absolute Gasteiger partial charge is 0.397 e. The summed E-state index contributed by atoms with van der Waals surface area (Å²) < 4.78 is 0. The first-order valence-corrected chi connectivity index (χ1v) is 3.85. The molecule has 1 aromatic carbocycles. The second-order valence-electron chi connectivity index (χ2n) is 2.87. The van der Waals surface area contributed by atoms with Gasteiger partial charge in [-0.3, -0.25) is 4.79 Å². The number of fused-ring (bicyclic) bond motifs is 1. The molecule has 0 radical (unpaired) electrons. The summed E-state index contributed by atoms with van der Waals surface area (Å²) in [6.07, 6.45) is 1.77. The van der Waals surface area contributed by atoms with Crippen LogP contribution in [0.2, 0.25) is 0 Å². The summed E-state index contributed by atoms with van der Waals surface area (Å²) in [7, 11) is 0. The lowest BCUT2D eigenvalue weighted by atomic mass is 10.1.